The van der Waals surface area contributed by atoms with Gasteiger partial charge in [-0.25, -0.2) is 0 Å². The summed E-state index contributed by atoms with van der Waals surface area (Å²) in [5.74, 6) is 0.834. The Balaban J connectivity index is 2.01. The van der Waals surface area contributed by atoms with Crippen molar-refractivity contribution in [2.45, 2.75) is 173 Å². The van der Waals surface area contributed by atoms with Gasteiger partial charge in [-0.15, -0.1) is 0 Å². The summed E-state index contributed by atoms with van der Waals surface area (Å²) in [6.07, 6.45) is 30.6. The minimum absolute atomic E-state index is 0.168. The number of carbonyl (C=O) groups excluding carboxylic acids is 2. The van der Waals surface area contributed by atoms with Crippen molar-refractivity contribution in [3.05, 3.63) is 0 Å². The Morgan fingerprint density at radius 3 is 1.68 bits per heavy atom. The van der Waals surface area contributed by atoms with Crippen molar-refractivity contribution in [2.75, 3.05) is 0 Å². The van der Waals surface area contributed by atoms with Crippen molar-refractivity contribution in [3.8, 4) is 0 Å². The number of nitrogens with one attached hydrogen (secondary N) is 1. The van der Waals surface area contributed by atoms with Gasteiger partial charge >= 0.3 is 0 Å². The molecule has 0 heterocycles. The molecule has 0 aliphatic heterocycles. The van der Waals surface area contributed by atoms with Crippen molar-refractivity contribution < 1.29 is 9.59 Å². The molecule has 200 valence electrons. The van der Waals surface area contributed by atoms with Crippen LogP contribution in [0.3, 0.4) is 0 Å². The number of unbranched alkanes of at least 4 members (excludes halogenated alkanes) is 16. The average molecular weight is 479 g/mol. The van der Waals surface area contributed by atoms with Gasteiger partial charge in [0.15, 0.2) is 0 Å². The third-order valence-corrected chi connectivity index (χ3v) is 7.76. The highest BCUT2D eigenvalue weighted by Crippen LogP contribution is 2.29. The van der Waals surface area contributed by atoms with Crippen LogP contribution in [0.15, 0.2) is 0 Å². The second-order valence-corrected chi connectivity index (χ2v) is 11.0. The topological polar surface area (TPSA) is 72.2 Å². The van der Waals surface area contributed by atoms with E-state index in [1.165, 1.54) is 128 Å². The molecule has 2 amide bonds. The van der Waals surface area contributed by atoms with Gasteiger partial charge in [0.25, 0.3) is 0 Å². The third kappa shape index (κ3) is 18.3. The van der Waals surface area contributed by atoms with Gasteiger partial charge in [-0.3, -0.25) is 9.59 Å². The van der Waals surface area contributed by atoms with E-state index < -0.39 is 0 Å². The second kappa shape index (κ2) is 22.4. The zero-order chi connectivity index (χ0) is 24.7. The van der Waals surface area contributed by atoms with Crippen molar-refractivity contribution in [2.24, 2.45) is 11.7 Å². The summed E-state index contributed by atoms with van der Waals surface area (Å²) in [4.78, 5) is 23.2. The highest BCUT2D eigenvalue weighted by molar-refractivity contribution is 5.76. The monoisotopic (exact) mass is 478 g/mol. The zero-order valence-electron chi connectivity index (χ0n) is 22.7. The molecule has 34 heavy (non-hydrogen) atoms. The van der Waals surface area contributed by atoms with Crippen LogP contribution in [0.2, 0.25) is 0 Å². The third-order valence-electron chi connectivity index (χ3n) is 7.76. The molecule has 3 N–H and O–H groups in total. The lowest BCUT2D eigenvalue weighted by Crippen LogP contribution is -2.42. The molecule has 2 unspecified atom stereocenters. The molecule has 4 nitrogen and oxygen atoms in total. The van der Waals surface area contributed by atoms with Crippen molar-refractivity contribution in [1.82, 2.24) is 5.32 Å². The lowest BCUT2D eigenvalue weighted by Gasteiger charge is -2.32. The number of primary amides is 1. The van der Waals surface area contributed by atoms with E-state index in [0.717, 1.165) is 25.7 Å². The van der Waals surface area contributed by atoms with E-state index in [1.54, 1.807) is 0 Å². The summed E-state index contributed by atoms with van der Waals surface area (Å²) < 4.78 is 0. The van der Waals surface area contributed by atoms with Gasteiger partial charge in [-0.2, -0.15) is 0 Å². The highest BCUT2D eigenvalue weighted by atomic mass is 16.2. The molecule has 4 heteroatoms. The van der Waals surface area contributed by atoms with E-state index in [2.05, 4.69) is 12.2 Å². The SMILES string of the molecule is CCCCCCCCCCCC(=O)NC1CCCCC1CCCCCCCCCCCC(N)=O. The number of nitrogens with two attached hydrogens (primary N) is 1. The van der Waals surface area contributed by atoms with E-state index in [1.807, 2.05) is 0 Å². The summed E-state index contributed by atoms with van der Waals surface area (Å²) in [7, 11) is 0. The molecule has 0 saturated heterocycles. The van der Waals surface area contributed by atoms with Crippen LogP contribution < -0.4 is 11.1 Å². The summed E-state index contributed by atoms with van der Waals surface area (Å²) in [6, 6.07) is 0.431. The number of hydrogen-bond acceptors (Lipinski definition) is 2. The second-order valence-electron chi connectivity index (χ2n) is 11.0. The lowest BCUT2D eigenvalue weighted by molar-refractivity contribution is -0.122. The maximum Gasteiger partial charge on any atom is 0.220 e. The first-order chi connectivity index (χ1) is 16.6. The first kappa shape index (κ1) is 31.0. The minimum Gasteiger partial charge on any atom is -0.370 e. The van der Waals surface area contributed by atoms with Crippen molar-refractivity contribution >= 4 is 11.8 Å². The van der Waals surface area contributed by atoms with Gasteiger partial charge in [-0.1, -0.05) is 122 Å². The number of rotatable bonds is 23. The standard InChI is InChI=1S/C30H58N2O2/c1-2-3-4-5-6-8-13-16-19-26-30(34)32-28-24-21-20-23-27(28)22-17-14-11-9-7-10-12-15-18-25-29(31)33/h27-28H,2-26H2,1H3,(H2,31,33)(H,32,34). The Bertz CT molecular complexity index is 494. The number of hydrogen-bond donors (Lipinski definition) is 2. The van der Waals surface area contributed by atoms with E-state index in [0.29, 0.717) is 24.3 Å². The van der Waals surface area contributed by atoms with E-state index in [9.17, 15) is 9.59 Å². The number of amides is 2. The smallest absolute Gasteiger partial charge is 0.220 e. The fraction of sp³-hybridized carbons (Fsp3) is 0.933. The van der Waals surface area contributed by atoms with Gasteiger partial charge in [0, 0.05) is 18.9 Å². The van der Waals surface area contributed by atoms with Gasteiger partial charge < -0.3 is 11.1 Å². The molecule has 1 rings (SSSR count). The average Bonchev–Trinajstić information content (AvgIpc) is 2.82. The zero-order valence-corrected chi connectivity index (χ0v) is 22.7. The molecule has 1 aliphatic rings. The predicted molar refractivity (Wildman–Crippen MR) is 146 cm³/mol. The molecule has 2 atom stereocenters. The Morgan fingerprint density at radius 1 is 0.647 bits per heavy atom. The van der Waals surface area contributed by atoms with Gasteiger partial charge in [0.1, 0.15) is 0 Å². The van der Waals surface area contributed by atoms with Gasteiger partial charge in [-0.05, 0) is 38.0 Å². The molecule has 0 spiro atoms. The number of carbonyl (C=O) groups is 2. The first-order valence-corrected chi connectivity index (χ1v) is 15.2. The maximum absolute atomic E-state index is 12.5. The summed E-state index contributed by atoms with van der Waals surface area (Å²) in [6.45, 7) is 2.27. The molecular formula is C30H58N2O2. The lowest BCUT2D eigenvalue weighted by atomic mass is 9.81. The Labute approximate surface area is 212 Å². The molecule has 1 fully saturated rings. The summed E-state index contributed by atoms with van der Waals surface area (Å²) in [5.41, 5.74) is 5.18. The van der Waals surface area contributed by atoms with Crippen molar-refractivity contribution in [1.29, 1.82) is 0 Å². The molecule has 0 bridgehead atoms. The van der Waals surface area contributed by atoms with Crippen LogP contribution in [0.25, 0.3) is 0 Å². The fourth-order valence-corrected chi connectivity index (χ4v) is 5.56. The molecule has 1 saturated carbocycles. The Morgan fingerprint density at radius 2 is 1.12 bits per heavy atom. The Kier molecular flexibility index (Phi) is 20.4. The van der Waals surface area contributed by atoms with E-state index >= 15 is 0 Å². The summed E-state index contributed by atoms with van der Waals surface area (Å²) in [5, 5.41) is 3.42. The normalized spacial score (nSPS) is 18.1. The molecular weight excluding hydrogens is 420 g/mol. The molecule has 1 aliphatic carbocycles. The highest BCUT2D eigenvalue weighted by Gasteiger charge is 2.25. The molecule has 0 aromatic rings. The molecule has 0 aromatic carbocycles. The van der Waals surface area contributed by atoms with E-state index in [-0.39, 0.29) is 5.91 Å². The van der Waals surface area contributed by atoms with E-state index in [4.69, 9.17) is 5.73 Å². The predicted octanol–water partition coefficient (Wildman–Crippen LogP) is 8.36. The molecule has 0 radical (unpaired) electrons. The van der Waals surface area contributed by atoms with Crippen LogP contribution in [0.1, 0.15) is 167 Å². The first-order valence-electron chi connectivity index (χ1n) is 15.2. The van der Waals surface area contributed by atoms with Crippen LogP contribution in [-0.2, 0) is 9.59 Å². The fourth-order valence-electron chi connectivity index (χ4n) is 5.56. The van der Waals surface area contributed by atoms with Crippen LogP contribution in [-0.4, -0.2) is 17.9 Å². The van der Waals surface area contributed by atoms with Crippen LogP contribution in [0, 0.1) is 5.92 Å². The quantitative estimate of drug-likeness (QED) is 0.145. The summed E-state index contributed by atoms with van der Waals surface area (Å²) >= 11 is 0. The minimum atomic E-state index is -0.168. The van der Waals surface area contributed by atoms with Crippen molar-refractivity contribution in [3.63, 3.8) is 0 Å². The van der Waals surface area contributed by atoms with Gasteiger partial charge in [0.2, 0.25) is 11.8 Å². The van der Waals surface area contributed by atoms with Crippen LogP contribution >= 0.6 is 0 Å². The molecule has 0 aromatic heterocycles. The maximum atomic E-state index is 12.5. The van der Waals surface area contributed by atoms with Crippen LogP contribution in [0.4, 0.5) is 0 Å². The van der Waals surface area contributed by atoms with Gasteiger partial charge in [0.05, 0.1) is 0 Å². The van der Waals surface area contributed by atoms with Crippen LogP contribution in [0.5, 0.6) is 0 Å². The largest absolute Gasteiger partial charge is 0.370 e. The Hall–Kier alpha value is -1.06.